The summed E-state index contributed by atoms with van der Waals surface area (Å²) in [6, 6.07) is 23.0. The van der Waals surface area contributed by atoms with Crippen molar-refractivity contribution in [1.82, 2.24) is 24.4 Å². The van der Waals surface area contributed by atoms with E-state index < -0.39 is 0 Å². The molecule has 0 amide bonds. The zero-order valence-corrected chi connectivity index (χ0v) is 20.6. The van der Waals surface area contributed by atoms with Crippen LogP contribution in [0, 0.1) is 6.92 Å². The quantitative estimate of drug-likeness (QED) is 0.352. The van der Waals surface area contributed by atoms with Gasteiger partial charge in [-0.1, -0.05) is 51.6 Å². The maximum Gasteiger partial charge on any atom is 0.335 e. The Kier molecular flexibility index (Phi) is 4.74. The molecule has 0 bridgehead atoms. The van der Waals surface area contributed by atoms with Crippen LogP contribution in [-0.4, -0.2) is 24.4 Å². The van der Waals surface area contributed by atoms with Gasteiger partial charge in [0.25, 0.3) is 5.65 Å². The van der Waals surface area contributed by atoms with Gasteiger partial charge >= 0.3 is 5.82 Å². The fourth-order valence-electron chi connectivity index (χ4n) is 5.06. The minimum absolute atomic E-state index is 0.199. The first-order valence-corrected chi connectivity index (χ1v) is 12.9. The summed E-state index contributed by atoms with van der Waals surface area (Å²) >= 11 is 1.38. The van der Waals surface area contributed by atoms with Crippen LogP contribution < -0.4 is 10.1 Å². The number of aryl methyl sites for hydroxylation is 1. The zero-order valence-electron chi connectivity index (χ0n) is 19.8. The van der Waals surface area contributed by atoms with Crippen LogP contribution in [0.1, 0.15) is 29.7 Å². The molecule has 6 aromatic rings. The van der Waals surface area contributed by atoms with E-state index in [2.05, 4.69) is 56.5 Å². The van der Waals surface area contributed by atoms with Crippen molar-refractivity contribution in [3.63, 3.8) is 0 Å². The Hall–Kier alpha value is -4.01. The second kappa shape index (κ2) is 8.01. The number of hydrogen-bond acceptors (Lipinski definition) is 6. The molecule has 2 N–H and O–H groups in total. The van der Waals surface area contributed by atoms with Crippen LogP contribution in [0.4, 0.5) is 0 Å². The van der Waals surface area contributed by atoms with Crippen LogP contribution in [0.15, 0.2) is 79.1 Å². The van der Waals surface area contributed by atoms with Crippen molar-refractivity contribution in [3.05, 3.63) is 89.6 Å². The molecule has 4 heterocycles. The lowest BCUT2D eigenvalue weighted by molar-refractivity contribution is -0.498. The lowest BCUT2D eigenvalue weighted by Gasteiger charge is -2.38. The van der Waals surface area contributed by atoms with E-state index in [1.165, 1.54) is 23.5 Å². The maximum absolute atomic E-state index is 6.59. The van der Waals surface area contributed by atoms with Crippen molar-refractivity contribution >= 4 is 28.1 Å². The molecule has 0 radical (unpaired) electrons. The van der Waals surface area contributed by atoms with E-state index in [1.807, 2.05) is 48.3 Å². The predicted molar refractivity (Wildman–Crippen MR) is 141 cm³/mol. The smallest absolute Gasteiger partial charge is 0.321 e. The molecule has 0 saturated heterocycles. The fraction of sp³-hybridized carbons (Fsp3) is 0.179. The monoisotopic (exact) mass is 490 g/mol. The van der Waals surface area contributed by atoms with Gasteiger partial charge in [0, 0.05) is 17.3 Å². The second-order valence-corrected chi connectivity index (χ2v) is 10.5. The normalized spacial score (nSPS) is 14.8. The van der Waals surface area contributed by atoms with Crippen molar-refractivity contribution in [3.8, 4) is 28.3 Å². The second-order valence-electron chi connectivity index (χ2n) is 9.50. The van der Waals surface area contributed by atoms with Crippen molar-refractivity contribution in [2.75, 3.05) is 0 Å². The Morgan fingerprint density at radius 1 is 1.00 bits per heavy atom. The molecule has 0 spiro atoms. The first-order chi connectivity index (χ1) is 17.6. The lowest BCUT2D eigenvalue weighted by atomic mass is 9.73. The van der Waals surface area contributed by atoms with Crippen molar-refractivity contribution < 1.29 is 4.40 Å². The van der Waals surface area contributed by atoms with Gasteiger partial charge in [0.2, 0.25) is 0 Å². The van der Waals surface area contributed by atoms with Crippen LogP contribution in [0.2, 0.25) is 0 Å². The van der Waals surface area contributed by atoms with E-state index in [-0.39, 0.29) is 5.54 Å². The summed E-state index contributed by atoms with van der Waals surface area (Å²) in [5.74, 6) is 0.752. The third-order valence-electron chi connectivity index (χ3n) is 7.30. The Balaban J connectivity index is 1.49. The maximum atomic E-state index is 6.59. The number of hydrogen-bond donors (Lipinski definition) is 1. The van der Waals surface area contributed by atoms with Gasteiger partial charge in [-0.05, 0) is 73.1 Å². The highest BCUT2D eigenvalue weighted by Crippen LogP contribution is 2.39. The van der Waals surface area contributed by atoms with Crippen LogP contribution >= 0.6 is 11.5 Å². The van der Waals surface area contributed by atoms with Crippen LogP contribution in [0.25, 0.3) is 44.9 Å². The largest absolute Gasteiger partial charge is 0.335 e. The number of aromatic nitrogens is 6. The third-order valence-corrected chi connectivity index (χ3v) is 7.93. The minimum atomic E-state index is -0.199. The number of nitrogens with zero attached hydrogens (tertiary/aromatic N) is 6. The Morgan fingerprint density at radius 3 is 2.50 bits per heavy atom. The van der Waals surface area contributed by atoms with Gasteiger partial charge in [-0.3, -0.25) is 4.98 Å². The van der Waals surface area contributed by atoms with E-state index in [0.717, 1.165) is 62.6 Å². The van der Waals surface area contributed by atoms with Crippen molar-refractivity contribution in [1.29, 1.82) is 0 Å². The van der Waals surface area contributed by atoms with Gasteiger partial charge in [-0.25, -0.2) is 0 Å². The summed E-state index contributed by atoms with van der Waals surface area (Å²) in [7, 11) is 0. The summed E-state index contributed by atoms with van der Waals surface area (Å²) in [6.45, 7) is 2.02. The SMILES string of the molecule is Cc1snnc1-c1nn(-c2ccc(C3(N)CCC3)cc2)c2c3cc(-c4ccccc4)cnc3cc[n+]12. The zero-order chi connectivity index (χ0) is 24.3. The highest BCUT2D eigenvalue weighted by molar-refractivity contribution is 7.05. The topological polar surface area (TPSA) is 86.6 Å². The Labute approximate surface area is 212 Å². The molecule has 1 aliphatic rings. The molecule has 1 saturated carbocycles. The molecule has 0 aliphatic heterocycles. The molecule has 36 heavy (non-hydrogen) atoms. The summed E-state index contributed by atoms with van der Waals surface area (Å²) in [4.78, 5) is 5.82. The van der Waals surface area contributed by atoms with Crippen LogP contribution in [0.5, 0.6) is 0 Å². The number of nitrogens with two attached hydrogens (primary N) is 1. The molecule has 4 aromatic heterocycles. The van der Waals surface area contributed by atoms with Crippen LogP contribution in [0.3, 0.4) is 0 Å². The summed E-state index contributed by atoms with van der Waals surface area (Å²) in [6.07, 6.45) is 7.20. The number of fused-ring (bicyclic) bond motifs is 3. The number of pyridine rings is 2. The van der Waals surface area contributed by atoms with E-state index in [0.29, 0.717) is 0 Å². The molecule has 2 aromatic carbocycles. The molecule has 0 atom stereocenters. The van der Waals surface area contributed by atoms with Crippen LogP contribution in [-0.2, 0) is 5.54 Å². The summed E-state index contributed by atoms with van der Waals surface area (Å²) < 4.78 is 8.24. The van der Waals surface area contributed by atoms with E-state index >= 15 is 0 Å². The van der Waals surface area contributed by atoms with E-state index in [9.17, 15) is 0 Å². The molecule has 176 valence electrons. The Bertz CT molecular complexity index is 1730. The third kappa shape index (κ3) is 3.26. The summed E-state index contributed by atoms with van der Waals surface area (Å²) in [5.41, 5.74) is 13.3. The number of rotatable bonds is 4. The number of benzene rings is 2. The van der Waals surface area contributed by atoms with E-state index in [1.54, 1.807) is 0 Å². The average Bonchev–Trinajstić information content (AvgIpc) is 3.51. The Morgan fingerprint density at radius 2 is 1.81 bits per heavy atom. The molecule has 7 nitrogen and oxygen atoms in total. The molecule has 7 rings (SSSR count). The molecule has 0 unspecified atom stereocenters. The highest BCUT2D eigenvalue weighted by atomic mass is 32.1. The van der Waals surface area contributed by atoms with Gasteiger partial charge in [-0.15, -0.1) is 5.10 Å². The molecular formula is C28H24N7S+. The van der Waals surface area contributed by atoms with Crippen molar-refractivity contribution in [2.24, 2.45) is 5.73 Å². The van der Waals surface area contributed by atoms with Gasteiger partial charge in [0.1, 0.15) is 5.69 Å². The molecule has 1 fully saturated rings. The van der Waals surface area contributed by atoms with Gasteiger partial charge < -0.3 is 5.73 Å². The van der Waals surface area contributed by atoms with Gasteiger partial charge in [0.05, 0.1) is 27.1 Å². The predicted octanol–water partition coefficient (Wildman–Crippen LogP) is 4.99. The lowest BCUT2D eigenvalue weighted by Crippen LogP contribution is -2.43. The first-order valence-electron chi connectivity index (χ1n) is 12.1. The summed E-state index contributed by atoms with van der Waals surface area (Å²) in [5, 5.41) is 10.5. The molecule has 8 heteroatoms. The van der Waals surface area contributed by atoms with E-state index in [4.69, 9.17) is 15.8 Å². The highest BCUT2D eigenvalue weighted by Gasteiger charge is 2.34. The van der Waals surface area contributed by atoms with Gasteiger partial charge in [-0.2, -0.15) is 4.40 Å². The first kappa shape index (κ1) is 21.3. The average molecular weight is 491 g/mol. The molecular weight excluding hydrogens is 466 g/mol. The van der Waals surface area contributed by atoms with Crippen molar-refractivity contribution in [2.45, 2.75) is 31.7 Å². The molecule has 1 aliphatic carbocycles. The van der Waals surface area contributed by atoms with Gasteiger partial charge in [0.15, 0.2) is 5.69 Å². The fourth-order valence-corrected chi connectivity index (χ4v) is 5.52. The minimum Gasteiger partial charge on any atom is -0.321 e. The standard InChI is InChI=1S/C28H24N7S/c1-18-25(31-33-36-18)26-32-35(22-10-8-21(9-11-22)28(29)13-5-14-28)27-23-16-20(19-6-3-2-4-7-19)17-30-24(23)12-15-34(26)27/h2-4,6-12,15-17H,5,13-14,29H2,1H3/q+1.